The Kier molecular flexibility index (Phi) is 5.73. The lowest BCUT2D eigenvalue weighted by Crippen LogP contribution is -2.31. The fourth-order valence-electron chi connectivity index (χ4n) is 9.80. The quantitative estimate of drug-likeness (QED) is 0.118. The van der Waals surface area contributed by atoms with Crippen LogP contribution in [0.25, 0.3) is 105 Å². The number of imidazole rings is 1. The molecule has 0 atom stereocenters. The van der Waals surface area contributed by atoms with Gasteiger partial charge >= 0.3 is 0 Å². The Hall–Kier alpha value is -9.20. The average Bonchev–Trinajstić information content (AvgIpc) is 1.54. The van der Waals surface area contributed by atoms with Gasteiger partial charge in [0.1, 0.15) is 23.0 Å². The van der Waals surface area contributed by atoms with Gasteiger partial charge < -0.3 is 13.9 Å². The number of para-hydroxylation sites is 7. The molecule has 0 N–H and O–H groups in total. The molecule has 71 heavy (non-hydrogen) atoms. The van der Waals surface area contributed by atoms with Crippen LogP contribution in [0.4, 0.5) is 0 Å². The van der Waals surface area contributed by atoms with Crippen molar-refractivity contribution in [1.82, 2.24) is 23.3 Å². The lowest BCUT2D eigenvalue weighted by molar-refractivity contribution is -0.569. The molecule has 0 aliphatic heterocycles. The SMILES string of the molecule is [2H]c1c([2H])c([2H])c(-n2c3c([2H])c([2H])c([2H])c([2H])c3c3c([2H])c4c5c([2H])c([2H])c([2H])c([2H])c5n(-c5c([2H])c([2H])c([2H])c([2H])c5[2H])c4c(-[n+]4[c-]n(-c5cccc(Oc6ccc7c8ccccc8n(-c8cc(C(C)(C)C)ccn8)c7c6)c5)c5ccccc54)c32)c([2H])c1[2H]. The summed E-state index contributed by atoms with van der Waals surface area (Å²) in [6.45, 7) is 6.42. The van der Waals surface area contributed by atoms with Gasteiger partial charge in [0.25, 0.3) is 6.33 Å². The Morgan fingerprint density at radius 2 is 1.10 bits per heavy atom. The maximum Gasteiger partial charge on any atom is 0.269 e. The summed E-state index contributed by atoms with van der Waals surface area (Å²) in [5, 5.41) is 0.501. The molecule has 14 aromatic rings. The third-order valence-electron chi connectivity index (χ3n) is 12.9. The van der Waals surface area contributed by atoms with Gasteiger partial charge in [-0.3, -0.25) is 13.7 Å². The molecule has 14 rings (SSSR count). The van der Waals surface area contributed by atoms with E-state index in [2.05, 4.69) is 43.8 Å². The van der Waals surface area contributed by atoms with Crippen LogP contribution in [0.1, 0.15) is 52.4 Å². The van der Waals surface area contributed by atoms with Crippen molar-refractivity contribution >= 4 is 76.5 Å². The molecular weight excluding hydrogens is 869 g/mol. The second-order valence-electron chi connectivity index (χ2n) is 18.0. The standard InChI is InChI=1S/C64H46N6O/c1-64(2,3)42-35-36-65-60(37-42)70-56-30-15-10-25-48(56)51-34-33-47(39-59(51)70)71-46-24-18-23-45(38-46)66-41-67(58-32-17-16-31-57(58)66)63-61-52(49-26-11-13-28-54(49)68(61)43-19-6-4-7-20-43)40-53-50-27-12-14-29-55(50)69(62(53)63)44-21-8-5-9-22-44/h4-40H,1-3H3/i4D,5D,6D,7D,8D,9D,11D,12D,13D,14D,19D,20D,21D,22D,26D,27D,28D,29D,40D. The van der Waals surface area contributed by atoms with Crippen LogP contribution in [-0.2, 0) is 5.41 Å². The predicted molar refractivity (Wildman–Crippen MR) is 290 cm³/mol. The highest BCUT2D eigenvalue weighted by molar-refractivity contribution is 6.23. The third-order valence-corrected chi connectivity index (χ3v) is 12.9. The van der Waals surface area contributed by atoms with E-state index in [0.717, 1.165) is 42.3 Å². The number of ether oxygens (including phenoxy) is 1. The molecule has 7 heteroatoms. The molecule has 0 bridgehead atoms. The summed E-state index contributed by atoms with van der Waals surface area (Å²) >= 11 is 0. The first-order valence-electron chi connectivity index (χ1n) is 32.2. The van der Waals surface area contributed by atoms with Crippen molar-refractivity contribution in [3.05, 3.63) is 236 Å². The summed E-state index contributed by atoms with van der Waals surface area (Å²) in [6, 6.07) is 16.6. The molecule has 0 saturated heterocycles. The number of rotatable bonds is 7. The molecule has 0 unspecified atom stereocenters. The zero-order valence-corrected chi connectivity index (χ0v) is 38.0. The molecule has 5 heterocycles. The first kappa shape index (κ1) is 26.0. The minimum absolute atomic E-state index is 0.165. The predicted octanol–water partition coefficient (Wildman–Crippen LogP) is 15.5. The summed E-state index contributed by atoms with van der Waals surface area (Å²) in [5.41, 5.74) is 0.592. The zero-order chi connectivity index (χ0) is 63.9. The van der Waals surface area contributed by atoms with Gasteiger partial charge in [0.15, 0.2) is 0 Å². The molecule has 5 aromatic heterocycles. The van der Waals surface area contributed by atoms with E-state index in [1.165, 1.54) is 4.57 Å². The first-order chi connectivity index (χ1) is 42.8. The summed E-state index contributed by atoms with van der Waals surface area (Å²) in [6.07, 6.45) is 5.22. The topological polar surface area (TPSA) is 45.7 Å². The minimum atomic E-state index is -0.837. The first-order valence-corrected chi connectivity index (χ1v) is 22.7. The van der Waals surface area contributed by atoms with Gasteiger partial charge in [-0.2, -0.15) is 0 Å². The van der Waals surface area contributed by atoms with E-state index in [1.807, 2.05) is 42.5 Å². The third kappa shape index (κ3) is 6.36. The zero-order valence-electron chi connectivity index (χ0n) is 57.0. The van der Waals surface area contributed by atoms with Crippen LogP contribution in [0.15, 0.2) is 224 Å². The van der Waals surface area contributed by atoms with E-state index < -0.39 is 137 Å². The number of pyridine rings is 1. The van der Waals surface area contributed by atoms with Crippen molar-refractivity contribution in [3.8, 4) is 40.1 Å². The highest BCUT2D eigenvalue weighted by Gasteiger charge is 2.27. The Morgan fingerprint density at radius 1 is 0.493 bits per heavy atom. The monoisotopic (exact) mass is 933 g/mol. The molecule has 0 saturated carbocycles. The van der Waals surface area contributed by atoms with E-state index in [1.54, 1.807) is 59.3 Å². The number of hydrogen-bond acceptors (Lipinski definition) is 2. The Balaban J connectivity index is 1.12. The van der Waals surface area contributed by atoms with E-state index in [0.29, 0.717) is 22.7 Å². The van der Waals surface area contributed by atoms with Crippen LogP contribution in [0.2, 0.25) is 0 Å². The molecule has 0 aliphatic rings. The molecule has 7 nitrogen and oxygen atoms in total. The average molecular weight is 934 g/mol. The van der Waals surface area contributed by atoms with E-state index in [9.17, 15) is 12.3 Å². The minimum Gasteiger partial charge on any atom is -0.458 e. The highest BCUT2D eigenvalue weighted by atomic mass is 16.5. The summed E-state index contributed by atoms with van der Waals surface area (Å²) in [5.74, 6) is 1.55. The van der Waals surface area contributed by atoms with Crippen molar-refractivity contribution in [2.45, 2.75) is 26.2 Å². The second-order valence-corrected chi connectivity index (χ2v) is 18.0. The normalized spacial score (nSPS) is 15.9. The van der Waals surface area contributed by atoms with Crippen LogP contribution in [0.3, 0.4) is 0 Å². The van der Waals surface area contributed by atoms with Gasteiger partial charge in [0.2, 0.25) is 0 Å². The van der Waals surface area contributed by atoms with Gasteiger partial charge in [-0.05, 0) is 102 Å². The number of benzene rings is 9. The number of nitrogens with zero attached hydrogens (tertiary/aromatic N) is 6. The largest absolute Gasteiger partial charge is 0.458 e. The molecule has 0 spiro atoms. The van der Waals surface area contributed by atoms with Gasteiger partial charge in [0, 0.05) is 56.0 Å². The Bertz CT molecular complexity index is 5340. The molecule has 0 aliphatic carbocycles. The Labute approximate surface area is 436 Å². The smallest absolute Gasteiger partial charge is 0.269 e. The van der Waals surface area contributed by atoms with Crippen LogP contribution in [-0.4, -0.2) is 23.3 Å². The molecular formula is C64H46N6O. The van der Waals surface area contributed by atoms with E-state index in [-0.39, 0.29) is 49.2 Å². The summed E-state index contributed by atoms with van der Waals surface area (Å²) in [4.78, 5) is 4.83. The van der Waals surface area contributed by atoms with E-state index in [4.69, 9.17) is 23.4 Å². The van der Waals surface area contributed by atoms with Gasteiger partial charge in [0.05, 0.1) is 75.9 Å². The van der Waals surface area contributed by atoms with Gasteiger partial charge in [-0.1, -0.05) is 142 Å². The number of hydrogen-bond donors (Lipinski definition) is 0. The maximum absolute atomic E-state index is 10.4. The molecule has 0 amide bonds. The maximum atomic E-state index is 10.4. The lowest BCUT2D eigenvalue weighted by Gasteiger charge is -2.20. The van der Waals surface area contributed by atoms with Crippen molar-refractivity contribution in [1.29, 1.82) is 0 Å². The summed E-state index contributed by atoms with van der Waals surface area (Å²) in [7, 11) is 0. The lowest BCUT2D eigenvalue weighted by atomic mass is 9.88. The highest BCUT2D eigenvalue weighted by Crippen LogP contribution is 2.44. The molecule has 0 fully saturated rings. The van der Waals surface area contributed by atoms with Crippen molar-refractivity contribution in [2.75, 3.05) is 0 Å². The Morgan fingerprint density at radius 3 is 1.79 bits per heavy atom. The van der Waals surface area contributed by atoms with Crippen molar-refractivity contribution in [3.63, 3.8) is 0 Å². The fourth-order valence-corrected chi connectivity index (χ4v) is 9.80. The second kappa shape index (κ2) is 15.7. The van der Waals surface area contributed by atoms with E-state index >= 15 is 0 Å². The molecule has 338 valence electrons. The van der Waals surface area contributed by atoms with Gasteiger partial charge in [-0.25, -0.2) is 4.98 Å². The van der Waals surface area contributed by atoms with Crippen molar-refractivity contribution < 1.29 is 35.3 Å². The number of fused-ring (bicyclic) bond motifs is 10. The van der Waals surface area contributed by atoms with Crippen LogP contribution < -0.4 is 9.30 Å². The fraction of sp³-hybridized carbons (Fsp3) is 0.0625. The number of aromatic nitrogens is 6. The van der Waals surface area contributed by atoms with Gasteiger partial charge in [-0.15, -0.1) is 0 Å². The summed E-state index contributed by atoms with van der Waals surface area (Å²) < 4.78 is 190. The van der Waals surface area contributed by atoms with Crippen LogP contribution in [0.5, 0.6) is 11.5 Å². The van der Waals surface area contributed by atoms with Crippen LogP contribution in [0, 0.1) is 6.33 Å². The van der Waals surface area contributed by atoms with Crippen LogP contribution >= 0.6 is 0 Å². The molecule has 0 radical (unpaired) electrons. The molecule has 9 aromatic carbocycles. The van der Waals surface area contributed by atoms with Crippen molar-refractivity contribution in [2.24, 2.45) is 0 Å².